The van der Waals surface area contributed by atoms with Gasteiger partial charge in [0.2, 0.25) is 0 Å². The number of nitrogens with two attached hydrogens (primary N) is 1. The minimum Gasteiger partial charge on any atom is -0.368 e. The lowest BCUT2D eigenvalue weighted by atomic mass is 10.1. The van der Waals surface area contributed by atoms with Gasteiger partial charge in [-0.05, 0) is 24.3 Å². The van der Waals surface area contributed by atoms with Crippen molar-refractivity contribution >= 4 is 11.4 Å². The van der Waals surface area contributed by atoms with Crippen LogP contribution in [0.25, 0.3) is 0 Å². The molecule has 1 aliphatic heterocycles. The van der Waals surface area contributed by atoms with E-state index in [0.29, 0.717) is 5.56 Å². The summed E-state index contributed by atoms with van der Waals surface area (Å²) in [6, 6.07) is 15.8. The third-order valence-electron chi connectivity index (χ3n) is 4.02. The Morgan fingerprint density at radius 3 is 2.05 bits per heavy atom. The van der Waals surface area contributed by atoms with Crippen LogP contribution < -0.4 is 15.5 Å². The molecular weight excluding hydrogens is 265 g/mol. The van der Waals surface area contributed by atoms with Gasteiger partial charge in [0.15, 0.2) is 0 Å². The molecule has 1 saturated heterocycles. The summed E-state index contributed by atoms with van der Waals surface area (Å²) >= 11 is 0. The summed E-state index contributed by atoms with van der Waals surface area (Å²) in [4.78, 5) is 4.59. The molecule has 110 valence electrons. The fourth-order valence-electron chi connectivity index (χ4n) is 2.76. The number of piperazine rings is 1. The van der Waals surface area contributed by atoms with Crippen LogP contribution in [0.4, 0.5) is 15.8 Å². The van der Waals surface area contributed by atoms with Crippen LogP contribution >= 0.6 is 0 Å². The second-order valence-electron chi connectivity index (χ2n) is 5.29. The summed E-state index contributed by atoms with van der Waals surface area (Å²) in [5, 5.41) is 0. The number of anilines is 2. The molecule has 3 nitrogen and oxygen atoms in total. The minimum atomic E-state index is -0.208. The van der Waals surface area contributed by atoms with Gasteiger partial charge in [-0.25, -0.2) is 4.39 Å². The molecule has 21 heavy (non-hydrogen) atoms. The van der Waals surface area contributed by atoms with Crippen LogP contribution in [0.15, 0.2) is 48.5 Å². The fourth-order valence-corrected chi connectivity index (χ4v) is 2.76. The van der Waals surface area contributed by atoms with E-state index in [4.69, 9.17) is 5.73 Å². The molecule has 0 bridgehead atoms. The van der Waals surface area contributed by atoms with Gasteiger partial charge >= 0.3 is 0 Å². The first kappa shape index (κ1) is 13.9. The van der Waals surface area contributed by atoms with Gasteiger partial charge in [-0.2, -0.15) is 0 Å². The van der Waals surface area contributed by atoms with E-state index in [1.165, 1.54) is 5.69 Å². The van der Waals surface area contributed by atoms with Gasteiger partial charge in [-0.1, -0.05) is 24.3 Å². The number of rotatable bonds is 3. The molecule has 0 atom stereocenters. The Morgan fingerprint density at radius 1 is 0.857 bits per heavy atom. The van der Waals surface area contributed by atoms with Gasteiger partial charge in [0.1, 0.15) is 5.82 Å². The van der Waals surface area contributed by atoms with E-state index in [-0.39, 0.29) is 12.4 Å². The highest BCUT2D eigenvalue weighted by Gasteiger charge is 2.18. The molecule has 1 heterocycles. The standard InChI is InChI=1S/C17H20FN3/c18-17-12-16(7-6-14(17)13-19)21-10-8-20(9-11-21)15-4-2-1-3-5-15/h1-7,12H,8-11,13,19H2. The van der Waals surface area contributed by atoms with E-state index >= 15 is 0 Å². The largest absolute Gasteiger partial charge is 0.368 e. The number of benzene rings is 2. The van der Waals surface area contributed by atoms with Crippen LogP contribution in [0.5, 0.6) is 0 Å². The normalized spacial score (nSPS) is 15.3. The molecule has 0 aromatic heterocycles. The van der Waals surface area contributed by atoms with E-state index in [2.05, 4.69) is 34.1 Å². The predicted molar refractivity (Wildman–Crippen MR) is 85.2 cm³/mol. The van der Waals surface area contributed by atoms with Crippen molar-refractivity contribution in [2.45, 2.75) is 6.54 Å². The lowest BCUT2D eigenvalue weighted by molar-refractivity contribution is 0.605. The molecule has 0 aliphatic carbocycles. The second kappa shape index (κ2) is 6.14. The Kier molecular flexibility index (Phi) is 4.06. The molecule has 0 amide bonds. The van der Waals surface area contributed by atoms with Crippen LogP contribution in [0.3, 0.4) is 0 Å². The van der Waals surface area contributed by atoms with E-state index in [1.807, 2.05) is 12.1 Å². The SMILES string of the molecule is NCc1ccc(N2CCN(c3ccccc3)CC2)cc1F. The quantitative estimate of drug-likeness (QED) is 0.941. The van der Waals surface area contributed by atoms with Crippen molar-refractivity contribution in [1.82, 2.24) is 0 Å². The zero-order chi connectivity index (χ0) is 14.7. The van der Waals surface area contributed by atoms with Crippen molar-refractivity contribution in [2.24, 2.45) is 5.73 Å². The molecule has 4 heteroatoms. The minimum absolute atomic E-state index is 0.208. The maximum Gasteiger partial charge on any atom is 0.129 e. The van der Waals surface area contributed by atoms with Gasteiger partial charge in [0, 0.05) is 49.7 Å². The molecule has 3 rings (SSSR count). The van der Waals surface area contributed by atoms with Crippen molar-refractivity contribution in [2.75, 3.05) is 36.0 Å². The number of hydrogen-bond acceptors (Lipinski definition) is 3. The van der Waals surface area contributed by atoms with Crippen LogP contribution in [0, 0.1) is 5.82 Å². The number of para-hydroxylation sites is 1. The summed E-state index contributed by atoms with van der Waals surface area (Å²) in [5.41, 5.74) is 8.27. The van der Waals surface area contributed by atoms with Crippen molar-refractivity contribution in [3.05, 3.63) is 59.9 Å². The van der Waals surface area contributed by atoms with Crippen molar-refractivity contribution in [3.8, 4) is 0 Å². The lowest BCUT2D eigenvalue weighted by Gasteiger charge is -2.37. The smallest absolute Gasteiger partial charge is 0.129 e. The molecule has 0 spiro atoms. The van der Waals surface area contributed by atoms with Crippen molar-refractivity contribution < 1.29 is 4.39 Å². The Bertz CT molecular complexity index is 592. The number of hydrogen-bond donors (Lipinski definition) is 1. The van der Waals surface area contributed by atoms with Crippen LogP contribution in [-0.2, 0) is 6.54 Å². The molecule has 0 saturated carbocycles. The third-order valence-corrected chi connectivity index (χ3v) is 4.02. The summed E-state index contributed by atoms with van der Waals surface area (Å²) in [5.74, 6) is -0.208. The average molecular weight is 285 g/mol. The molecule has 1 aliphatic rings. The highest BCUT2D eigenvalue weighted by atomic mass is 19.1. The van der Waals surface area contributed by atoms with Crippen molar-refractivity contribution in [1.29, 1.82) is 0 Å². The van der Waals surface area contributed by atoms with Gasteiger partial charge in [0.05, 0.1) is 0 Å². The summed E-state index contributed by atoms with van der Waals surface area (Å²) < 4.78 is 13.8. The summed E-state index contributed by atoms with van der Waals surface area (Å²) in [7, 11) is 0. The first-order valence-electron chi connectivity index (χ1n) is 7.31. The van der Waals surface area contributed by atoms with Gasteiger partial charge in [-0.15, -0.1) is 0 Å². The molecule has 2 aromatic rings. The Labute approximate surface area is 124 Å². The Hall–Kier alpha value is -2.07. The predicted octanol–water partition coefficient (Wildman–Crippen LogP) is 2.61. The Morgan fingerprint density at radius 2 is 1.48 bits per heavy atom. The van der Waals surface area contributed by atoms with E-state index in [9.17, 15) is 4.39 Å². The molecular formula is C17H20FN3. The molecule has 0 unspecified atom stereocenters. The average Bonchev–Trinajstić information content (AvgIpc) is 2.56. The molecule has 2 aromatic carbocycles. The summed E-state index contributed by atoms with van der Waals surface area (Å²) in [6.07, 6.45) is 0. The van der Waals surface area contributed by atoms with Crippen LogP contribution in [-0.4, -0.2) is 26.2 Å². The van der Waals surface area contributed by atoms with Crippen molar-refractivity contribution in [3.63, 3.8) is 0 Å². The lowest BCUT2D eigenvalue weighted by Crippen LogP contribution is -2.46. The highest BCUT2D eigenvalue weighted by molar-refractivity contribution is 5.52. The first-order chi connectivity index (χ1) is 10.3. The fraction of sp³-hybridized carbons (Fsp3) is 0.294. The van der Waals surface area contributed by atoms with Crippen LogP contribution in [0.2, 0.25) is 0 Å². The summed E-state index contributed by atoms with van der Waals surface area (Å²) in [6.45, 7) is 3.94. The van der Waals surface area contributed by atoms with E-state index in [0.717, 1.165) is 31.9 Å². The maximum absolute atomic E-state index is 13.8. The highest BCUT2D eigenvalue weighted by Crippen LogP contribution is 2.22. The topological polar surface area (TPSA) is 32.5 Å². The van der Waals surface area contributed by atoms with Gasteiger partial charge < -0.3 is 15.5 Å². The van der Waals surface area contributed by atoms with E-state index in [1.54, 1.807) is 12.1 Å². The zero-order valence-corrected chi connectivity index (χ0v) is 12.0. The molecule has 2 N–H and O–H groups in total. The van der Waals surface area contributed by atoms with Crippen LogP contribution in [0.1, 0.15) is 5.56 Å². The molecule has 0 radical (unpaired) electrons. The monoisotopic (exact) mass is 285 g/mol. The Balaban J connectivity index is 1.67. The van der Waals surface area contributed by atoms with Gasteiger partial charge in [0.25, 0.3) is 0 Å². The number of halogens is 1. The first-order valence-corrected chi connectivity index (χ1v) is 7.31. The maximum atomic E-state index is 13.8. The number of nitrogens with zero attached hydrogens (tertiary/aromatic N) is 2. The van der Waals surface area contributed by atoms with Gasteiger partial charge in [-0.3, -0.25) is 0 Å². The second-order valence-corrected chi connectivity index (χ2v) is 5.29. The zero-order valence-electron chi connectivity index (χ0n) is 12.0. The molecule has 1 fully saturated rings. The third kappa shape index (κ3) is 3.00. The van der Waals surface area contributed by atoms with E-state index < -0.39 is 0 Å².